The summed E-state index contributed by atoms with van der Waals surface area (Å²) in [6, 6.07) is -1.03. The molecule has 4 fully saturated rings. The van der Waals surface area contributed by atoms with Crippen LogP contribution in [0.25, 0.3) is 0 Å². The summed E-state index contributed by atoms with van der Waals surface area (Å²) in [4.78, 5) is 55.8. The average molecular weight is 831 g/mol. The first kappa shape index (κ1) is 48.0. The first-order valence-electron chi connectivity index (χ1n) is 20.6. The van der Waals surface area contributed by atoms with E-state index in [-0.39, 0.29) is 37.3 Å². The topological polar surface area (TPSA) is 196 Å². The lowest BCUT2D eigenvalue weighted by molar-refractivity contribution is -0.320. The predicted octanol–water partition coefficient (Wildman–Crippen LogP) is 3.49. The van der Waals surface area contributed by atoms with Crippen molar-refractivity contribution >= 4 is 24.0 Å². The first-order valence-corrected chi connectivity index (χ1v) is 20.6. The van der Waals surface area contributed by atoms with Gasteiger partial charge in [0.05, 0.1) is 53.6 Å². The Labute approximate surface area is 343 Å². The Bertz CT molecular complexity index is 1450. The van der Waals surface area contributed by atoms with Crippen LogP contribution >= 0.6 is 0 Å². The van der Waals surface area contributed by atoms with E-state index in [2.05, 4.69) is 5.32 Å². The molecular formula is C41H70N2O15. The van der Waals surface area contributed by atoms with Crippen molar-refractivity contribution in [2.75, 3.05) is 28.3 Å². The molecule has 4 heterocycles. The number of nitrogens with zero attached hydrogens (tertiary/aromatic N) is 1. The molecule has 0 saturated carbocycles. The number of fused-ring (bicyclic) bond motifs is 1. The number of aliphatic hydroxyl groups excluding tert-OH is 1. The van der Waals surface area contributed by atoms with E-state index in [4.69, 9.17) is 47.4 Å². The molecule has 334 valence electrons. The van der Waals surface area contributed by atoms with Gasteiger partial charge in [-0.3, -0.25) is 14.4 Å². The van der Waals surface area contributed by atoms with Gasteiger partial charge in [-0.1, -0.05) is 20.8 Å². The molecule has 0 aromatic rings. The van der Waals surface area contributed by atoms with Crippen LogP contribution in [0, 0.1) is 17.8 Å². The van der Waals surface area contributed by atoms with E-state index in [1.807, 2.05) is 39.8 Å². The summed E-state index contributed by atoms with van der Waals surface area (Å²) in [5, 5.41) is 14.0. The zero-order valence-electron chi connectivity index (χ0n) is 37.1. The van der Waals surface area contributed by atoms with Crippen LogP contribution in [0.5, 0.6) is 0 Å². The van der Waals surface area contributed by atoms with Crippen LogP contribution in [0.3, 0.4) is 0 Å². The SMILES string of the molecule is CC[C@H]1OC(=O)[C@H](C)[C@@H](O[C@H]2C[C@@](C)(OC)C(O)[C@H](C)O2)[C@H](C)[C@@H](O[C@@H]2O[C@H](C)C[C@H](N(C)C)[C@H]2OC(C)=O)[C@](C)(OC)C[C@@H](C)C(=O)N[C@H](C)[C@H]2OC(=O)O[C@@]21C. The standard InChI is InChI=1S/C41H70N2O15/c1-16-28-41(11)34(57-38(48)58-41)24(6)42-35(46)20(2)18-40(10,50-15)33(56-37-31(53-26(8)44)27(43(12)13)17-21(3)51-37)22(4)30(23(5)36(47)54-28)55-29-19-39(9,49-14)32(45)25(7)52-29/h20-25,27-34,37,45H,16-19H2,1-15H3,(H,42,46)/t20-,21-,22+,23-,24-,25+,27+,28-,29+,30+,31-,32?,33-,34-,37+,39-,40-,41-/m1/s1. The number of carbonyl (C=O) groups excluding carboxylic acids is 4. The van der Waals surface area contributed by atoms with E-state index in [0.29, 0.717) is 6.42 Å². The second-order valence-corrected chi connectivity index (χ2v) is 17.7. The second kappa shape index (κ2) is 19.0. The Kier molecular flexibility index (Phi) is 15.7. The molecule has 4 aliphatic rings. The largest absolute Gasteiger partial charge is 0.509 e. The van der Waals surface area contributed by atoms with Crippen LogP contribution < -0.4 is 5.32 Å². The van der Waals surface area contributed by atoms with E-state index in [1.54, 1.807) is 48.5 Å². The highest BCUT2D eigenvalue weighted by Gasteiger charge is 2.58. The Hall–Kier alpha value is -2.64. The van der Waals surface area contributed by atoms with Crippen molar-refractivity contribution in [3.8, 4) is 0 Å². The number of aliphatic hydroxyl groups is 1. The highest BCUT2D eigenvalue weighted by Crippen LogP contribution is 2.42. The summed E-state index contributed by atoms with van der Waals surface area (Å²) in [6.07, 6.45) is -8.92. The number of hydrogen-bond acceptors (Lipinski definition) is 16. The van der Waals surface area contributed by atoms with E-state index in [1.165, 1.54) is 21.1 Å². The summed E-state index contributed by atoms with van der Waals surface area (Å²) in [5.41, 5.74) is -3.81. The molecule has 0 aliphatic carbocycles. The number of methoxy groups -OCH3 is 2. The van der Waals surface area contributed by atoms with Gasteiger partial charge in [0.1, 0.15) is 12.2 Å². The number of likely N-dealkylation sites (N-methyl/N-ethyl adjacent to an activating group) is 1. The maximum atomic E-state index is 14.6. The van der Waals surface area contributed by atoms with Crippen LogP contribution in [-0.2, 0) is 61.8 Å². The smallest absolute Gasteiger partial charge is 0.458 e. The zero-order valence-corrected chi connectivity index (χ0v) is 37.1. The van der Waals surface area contributed by atoms with E-state index >= 15 is 0 Å². The highest BCUT2D eigenvalue weighted by atomic mass is 16.8. The van der Waals surface area contributed by atoms with E-state index in [9.17, 15) is 24.3 Å². The number of amides is 1. The molecular weight excluding hydrogens is 760 g/mol. The molecule has 17 heteroatoms. The summed E-state index contributed by atoms with van der Waals surface area (Å²) in [7, 11) is 6.79. The fourth-order valence-electron chi connectivity index (χ4n) is 9.34. The summed E-state index contributed by atoms with van der Waals surface area (Å²) >= 11 is 0. The van der Waals surface area contributed by atoms with E-state index in [0.717, 1.165) is 0 Å². The van der Waals surface area contributed by atoms with E-state index < -0.39 is 114 Å². The molecule has 4 rings (SSSR count). The van der Waals surface area contributed by atoms with Gasteiger partial charge in [0.15, 0.2) is 30.4 Å². The van der Waals surface area contributed by atoms with Crippen LogP contribution in [-0.4, -0.2) is 153 Å². The number of carbonyl (C=O) groups is 4. The Morgan fingerprint density at radius 1 is 0.914 bits per heavy atom. The number of hydrogen-bond donors (Lipinski definition) is 2. The van der Waals surface area contributed by atoms with Crippen molar-refractivity contribution in [3.05, 3.63) is 0 Å². The second-order valence-electron chi connectivity index (χ2n) is 17.7. The molecule has 0 spiro atoms. The molecule has 4 aliphatic heterocycles. The molecule has 1 amide bonds. The zero-order chi connectivity index (χ0) is 43.7. The molecule has 4 saturated heterocycles. The first-order chi connectivity index (χ1) is 26.9. The van der Waals surface area contributed by atoms with Crippen molar-refractivity contribution in [3.63, 3.8) is 0 Å². The van der Waals surface area contributed by atoms with Crippen molar-refractivity contribution in [1.29, 1.82) is 0 Å². The molecule has 17 nitrogen and oxygen atoms in total. The van der Waals surface area contributed by atoms with Crippen molar-refractivity contribution < 1.29 is 71.7 Å². The van der Waals surface area contributed by atoms with Gasteiger partial charge in [-0.2, -0.15) is 0 Å². The van der Waals surface area contributed by atoms with Crippen LogP contribution in [0.2, 0.25) is 0 Å². The van der Waals surface area contributed by atoms with Gasteiger partial charge >= 0.3 is 18.1 Å². The monoisotopic (exact) mass is 830 g/mol. The minimum Gasteiger partial charge on any atom is -0.458 e. The summed E-state index contributed by atoms with van der Waals surface area (Å²) in [6.45, 7) is 18.9. The van der Waals surface area contributed by atoms with Gasteiger partial charge in [-0.05, 0) is 81.8 Å². The average Bonchev–Trinajstić information content (AvgIpc) is 3.47. The normalized spacial score (nSPS) is 45.8. The molecule has 0 bridgehead atoms. The number of nitrogens with one attached hydrogen (secondary N) is 1. The number of rotatable bonds is 9. The molecule has 18 atom stereocenters. The molecule has 0 radical (unpaired) electrons. The third-order valence-electron chi connectivity index (χ3n) is 12.9. The van der Waals surface area contributed by atoms with Crippen LogP contribution in [0.1, 0.15) is 102 Å². The van der Waals surface area contributed by atoms with Crippen molar-refractivity contribution in [1.82, 2.24) is 10.2 Å². The quantitative estimate of drug-likeness (QED) is 0.253. The van der Waals surface area contributed by atoms with Gasteiger partial charge in [0.25, 0.3) is 0 Å². The van der Waals surface area contributed by atoms with Crippen molar-refractivity contribution in [2.45, 2.75) is 192 Å². The van der Waals surface area contributed by atoms with Gasteiger partial charge < -0.3 is 62.7 Å². The third kappa shape index (κ3) is 10.1. The molecule has 58 heavy (non-hydrogen) atoms. The summed E-state index contributed by atoms with van der Waals surface area (Å²) < 4.78 is 62.2. The van der Waals surface area contributed by atoms with Crippen LogP contribution in [0.4, 0.5) is 4.79 Å². The number of esters is 2. The van der Waals surface area contributed by atoms with Gasteiger partial charge in [0, 0.05) is 39.4 Å². The lowest BCUT2D eigenvalue weighted by atomic mass is 9.77. The van der Waals surface area contributed by atoms with Gasteiger partial charge in [-0.25, -0.2) is 4.79 Å². The van der Waals surface area contributed by atoms with Gasteiger partial charge in [0.2, 0.25) is 5.91 Å². The van der Waals surface area contributed by atoms with Gasteiger partial charge in [-0.15, -0.1) is 0 Å². The minimum atomic E-state index is -1.46. The fraction of sp³-hybridized carbons (Fsp3) is 0.902. The van der Waals surface area contributed by atoms with Crippen molar-refractivity contribution in [2.24, 2.45) is 17.8 Å². The Morgan fingerprint density at radius 2 is 1.55 bits per heavy atom. The predicted molar refractivity (Wildman–Crippen MR) is 207 cm³/mol. The Morgan fingerprint density at radius 3 is 2.12 bits per heavy atom. The molecule has 1 unspecified atom stereocenters. The third-order valence-corrected chi connectivity index (χ3v) is 12.9. The Balaban J connectivity index is 1.90. The number of cyclic esters (lactones) is 1. The molecule has 2 N–H and O–H groups in total. The lowest BCUT2D eigenvalue weighted by Crippen LogP contribution is -2.61. The maximum Gasteiger partial charge on any atom is 0.509 e. The molecule has 0 aromatic carbocycles. The fourth-order valence-corrected chi connectivity index (χ4v) is 9.34. The van der Waals surface area contributed by atoms with Crippen LogP contribution in [0.15, 0.2) is 0 Å². The lowest BCUT2D eigenvalue weighted by Gasteiger charge is -2.49. The number of ether oxygens (including phenoxy) is 10. The minimum absolute atomic E-state index is 0.0981. The maximum absolute atomic E-state index is 14.6. The molecule has 0 aromatic heterocycles. The summed E-state index contributed by atoms with van der Waals surface area (Å²) in [5.74, 6) is -4.04. The highest BCUT2D eigenvalue weighted by molar-refractivity contribution is 5.79.